The largest absolute Gasteiger partial charge is 0.494 e. The Hall–Kier alpha value is -2.78. The molecule has 0 saturated carbocycles. The van der Waals surface area contributed by atoms with Crippen LogP contribution < -0.4 is 9.47 Å². The van der Waals surface area contributed by atoms with Gasteiger partial charge in [-0.05, 0) is 60.9 Å². The highest BCUT2D eigenvalue weighted by Gasteiger charge is 2.00. The molecule has 134 valence electrons. The van der Waals surface area contributed by atoms with Gasteiger partial charge in [-0.2, -0.15) is 0 Å². The first kappa shape index (κ1) is 18.0. The van der Waals surface area contributed by atoms with Crippen molar-refractivity contribution in [3.8, 4) is 17.2 Å². The summed E-state index contributed by atoms with van der Waals surface area (Å²) in [7, 11) is 0. The van der Waals surface area contributed by atoms with E-state index in [1.54, 1.807) is 0 Å². The van der Waals surface area contributed by atoms with Crippen LogP contribution in [0, 0.1) is 0 Å². The molecule has 26 heavy (non-hydrogen) atoms. The van der Waals surface area contributed by atoms with E-state index in [-0.39, 0.29) is 0 Å². The minimum Gasteiger partial charge on any atom is -0.494 e. The van der Waals surface area contributed by atoms with Crippen molar-refractivity contribution in [1.29, 1.82) is 0 Å². The van der Waals surface area contributed by atoms with E-state index in [9.17, 15) is 0 Å². The molecule has 0 aliphatic heterocycles. The van der Waals surface area contributed by atoms with E-state index in [2.05, 4.69) is 12.1 Å². The van der Waals surface area contributed by atoms with Gasteiger partial charge in [0, 0.05) is 0 Å². The summed E-state index contributed by atoms with van der Waals surface area (Å²) >= 11 is 0. The van der Waals surface area contributed by atoms with E-state index in [0.717, 1.165) is 29.2 Å². The van der Waals surface area contributed by atoms with Crippen LogP contribution in [0.4, 0.5) is 0 Å². The van der Waals surface area contributed by atoms with E-state index >= 15 is 0 Å². The molecule has 3 nitrogen and oxygen atoms in total. The predicted molar refractivity (Wildman–Crippen MR) is 104 cm³/mol. The molecular weight excluding hydrogens is 324 g/mol. The molecule has 0 aliphatic rings. The van der Waals surface area contributed by atoms with Crippen LogP contribution in [0.2, 0.25) is 0 Å². The molecule has 0 spiro atoms. The number of hydrogen-bond donors (Lipinski definition) is 0. The summed E-state index contributed by atoms with van der Waals surface area (Å²) in [5, 5.41) is 0. The minimum atomic E-state index is 0.604. The van der Waals surface area contributed by atoms with Crippen molar-refractivity contribution in [2.24, 2.45) is 0 Å². The van der Waals surface area contributed by atoms with E-state index in [4.69, 9.17) is 14.2 Å². The fourth-order valence-corrected chi connectivity index (χ4v) is 2.62. The van der Waals surface area contributed by atoms with Gasteiger partial charge in [0.15, 0.2) is 0 Å². The molecule has 0 heterocycles. The highest BCUT2D eigenvalue weighted by Crippen LogP contribution is 2.22. The summed E-state index contributed by atoms with van der Waals surface area (Å²) in [4.78, 5) is 0. The number of ether oxygens (including phenoxy) is 3. The van der Waals surface area contributed by atoms with Crippen LogP contribution in [0.3, 0.4) is 0 Å². The molecule has 0 atom stereocenters. The molecule has 0 aliphatic carbocycles. The molecule has 0 radical (unpaired) electrons. The lowest BCUT2D eigenvalue weighted by Gasteiger charge is -2.09. The second-order valence-electron chi connectivity index (χ2n) is 5.94. The monoisotopic (exact) mass is 348 g/mol. The summed E-state index contributed by atoms with van der Waals surface area (Å²) in [6, 6.07) is 26.0. The minimum absolute atomic E-state index is 0.604. The van der Waals surface area contributed by atoms with Gasteiger partial charge in [0.1, 0.15) is 17.2 Å². The van der Waals surface area contributed by atoms with Crippen LogP contribution in [0.1, 0.15) is 18.1 Å². The van der Waals surface area contributed by atoms with Crippen LogP contribution in [-0.4, -0.2) is 13.2 Å². The highest BCUT2D eigenvalue weighted by atomic mass is 16.5. The highest BCUT2D eigenvalue weighted by molar-refractivity contribution is 5.34. The average molecular weight is 348 g/mol. The van der Waals surface area contributed by atoms with Gasteiger partial charge < -0.3 is 14.2 Å². The van der Waals surface area contributed by atoms with Crippen LogP contribution >= 0.6 is 0 Å². The number of benzene rings is 3. The molecule has 3 aromatic carbocycles. The third kappa shape index (κ3) is 5.64. The maximum absolute atomic E-state index is 5.87. The van der Waals surface area contributed by atoms with Gasteiger partial charge in [0.05, 0.1) is 19.8 Å². The fraction of sp³-hybridized carbons (Fsp3) is 0.217. The smallest absolute Gasteiger partial charge is 0.127 e. The van der Waals surface area contributed by atoms with E-state index in [0.29, 0.717) is 19.8 Å². The zero-order valence-corrected chi connectivity index (χ0v) is 15.1. The standard InChI is InChI=1S/C23H24O3/c1-2-25-21-13-11-20(12-14-21)18-24-16-15-19-7-6-10-23(17-19)26-22-8-4-3-5-9-22/h3-14,17H,2,15-16,18H2,1H3. The van der Waals surface area contributed by atoms with Gasteiger partial charge in [-0.25, -0.2) is 0 Å². The topological polar surface area (TPSA) is 27.7 Å². The van der Waals surface area contributed by atoms with Crippen molar-refractivity contribution in [3.63, 3.8) is 0 Å². The first-order valence-corrected chi connectivity index (χ1v) is 8.95. The maximum Gasteiger partial charge on any atom is 0.127 e. The predicted octanol–water partition coefficient (Wildman–Crippen LogP) is 5.64. The third-order valence-corrected chi connectivity index (χ3v) is 3.92. The normalized spacial score (nSPS) is 10.5. The van der Waals surface area contributed by atoms with Gasteiger partial charge >= 0.3 is 0 Å². The van der Waals surface area contributed by atoms with Gasteiger partial charge in [-0.15, -0.1) is 0 Å². The number of hydrogen-bond acceptors (Lipinski definition) is 3. The first-order valence-electron chi connectivity index (χ1n) is 8.95. The van der Waals surface area contributed by atoms with Gasteiger partial charge in [-0.1, -0.05) is 42.5 Å². The quantitative estimate of drug-likeness (QED) is 0.469. The second kappa shape index (κ2) is 9.64. The second-order valence-corrected chi connectivity index (χ2v) is 5.94. The molecule has 0 saturated heterocycles. The van der Waals surface area contributed by atoms with E-state index in [1.807, 2.05) is 73.7 Å². The summed E-state index contributed by atoms with van der Waals surface area (Å²) in [5.41, 5.74) is 2.35. The zero-order chi connectivity index (χ0) is 18.0. The molecule has 0 unspecified atom stereocenters. The Morgan fingerprint density at radius 2 is 1.46 bits per heavy atom. The van der Waals surface area contributed by atoms with Crippen LogP contribution in [-0.2, 0) is 17.8 Å². The molecule has 0 fully saturated rings. The molecule has 3 rings (SSSR count). The molecule has 0 bridgehead atoms. The Morgan fingerprint density at radius 1 is 0.692 bits per heavy atom. The lowest BCUT2D eigenvalue weighted by atomic mass is 10.1. The molecule has 0 amide bonds. The van der Waals surface area contributed by atoms with Crippen molar-refractivity contribution in [2.45, 2.75) is 20.0 Å². The summed E-state index contributed by atoms with van der Waals surface area (Å²) in [5.74, 6) is 2.59. The summed E-state index contributed by atoms with van der Waals surface area (Å²) in [6.45, 7) is 3.94. The van der Waals surface area contributed by atoms with Crippen LogP contribution in [0.15, 0.2) is 78.9 Å². The van der Waals surface area contributed by atoms with Crippen LogP contribution in [0.5, 0.6) is 17.2 Å². The molecule has 0 N–H and O–H groups in total. The van der Waals surface area contributed by atoms with Gasteiger partial charge in [0.2, 0.25) is 0 Å². The average Bonchev–Trinajstić information content (AvgIpc) is 2.68. The molecule has 3 heteroatoms. The van der Waals surface area contributed by atoms with Crippen molar-refractivity contribution < 1.29 is 14.2 Å². The Kier molecular flexibility index (Phi) is 6.68. The molecule has 3 aromatic rings. The van der Waals surface area contributed by atoms with Crippen molar-refractivity contribution in [1.82, 2.24) is 0 Å². The lowest BCUT2D eigenvalue weighted by Crippen LogP contribution is -1.99. The SMILES string of the molecule is CCOc1ccc(COCCc2cccc(Oc3ccccc3)c2)cc1. The summed E-state index contributed by atoms with van der Waals surface area (Å²) < 4.78 is 17.1. The van der Waals surface area contributed by atoms with Gasteiger partial charge in [0.25, 0.3) is 0 Å². The van der Waals surface area contributed by atoms with Gasteiger partial charge in [-0.3, -0.25) is 0 Å². The van der Waals surface area contributed by atoms with Crippen molar-refractivity contribution in [3.05, 3.63) is 90.0 Å². The molecular formula is C23H24O3. The van der Waals surface area contributed by atoms with Crippen LogP contribution in [0.25, 0.3) is 0 Å². The Bertz CT molecular complexity index is 782. The summed E-state index contributed by atoms with van der Waals surface area (Å²) in [6.07, 6.45) is 0.850. The number of para-hydroxylation sites is 1. The third-order valence-electron chi connectivity index (χ3n) is 3.92. The Balaban J connectivity index is 1.45. The van der Waals surface area contributed by atoms with Crippen molar-refractivity contribution in [2.75, 3.05) is 13.2 Å². The Labute approximate surface area is 155 Å². The first-order chi connectivity index (χ1) is 12.8. The van der Waals surface area contributed by atoms with Crippen molar-refractivity contribution >= 4 is 0 Å². The maximum atomic E-state index is 5.87. The zero-order valence-electron chi connectivity index (χ0n) is 15.1. The van der Waals surface area contributed by atoms with E-state index < -0.39 is 0 Å². The Morgan fingerprint density at radius 3 is 2.23 bits per heavy atom. The lowest BCUT2D eigenvalue weighted by molar-refractivity contribution is 0.124. The fourth-order valence-electron chi connectivity index (χ4n) is 2.62. The number of rotatable bonds is 9. The molecule has 0 aromatic heterocycles. The van der Waals surface area contributed by atoms with E-state index in [1.165, 1.54) is 5.56 Å².